The van der Waals surface area contributed by atoms with Gasteiger partial charge in [0, 0.05) is 41.0 Å². The third-order valence-electron chi connectivity index (χ3n) is 6.34. The lowest BCUT2D eigenvalue weighted by Crippen LogP contribution is -2.08. The number of carbonyl (C=O) groups is 1. The molecule has 10 heteroatoms. The van der Waals surface area contributed by atoms with Crippen LogP contribution in [0.2, 0.25) is 0 Å². The predicted molar refractivity (Wildman–Crippen MR) is 139 cm³/mol. The Bertz CT molecular complexity index is 1450. The number of hydrogen-bond donors (Lipinski definition) is 1. The van der Waals surface area contributed by atoms with Gasteiger partial charge in [0.15, 0.2) is 0 Å². The number of fused-ring (bicyclic) bond motifs is 4. The van der Waals surface area contributed by atoms with E-state index in [9.17, 15) is 13.2 Å². The molecule has 0 bridgehead atoms. The van der Waals surface area contributed by atoms with Gasteiger partial charge in [-0.3, -0.25) is 4.79 Å². The van der Waals surface area contributed by atoms with Gasteiger partial charge in [0.1, 0.15) is 45.2 Å². The summed E-state index contributed by atoms with van der Waals surface area (Å²) in [6.45, 7) is 0.993. The van der Waals surface area contributed by atoms with Crippen LogP contribution in [-0.2, 0) is 21.2 Å². The number of rotatable bonds is 10. The fourth-order valence-electron chi connectivity index (χ4n) is 4.50. The molecule has 200 valence electrons. The molecular weight excluding hydrogens is 512 g/mol. The highest BCUT2D eigenvalue weighted by molar-refractivity contribution is 7.90. The summed E-state index contributed by atoms with van der Waals surface area (Å²) >= 11 is 0. The van der Waals surface area contributed by atoms with E-state index in [1.54, 1.807) is 12.1 Å². The van der Waals surface area contributed by atoms with E-state index < -0.39 is 15.8 Å². The van der Waals surface area contributed by atoms with E-state index in [0.717, 1.165) is 22.3 Å². The molecule has 3 aromatic carbocycles. The van der Waals surface area contributed by atoms with Gasteiger partial charge in [-0.05, 0) is 42.3 Å². The second-order valence-corrected chi connectivity index (χ2v) is 11.6. The summed E-state index contributed by atoms with van der Waals surface area (Å²) in [7, 11) is -3.02. The first-order valence-electron chi connectivity index (χ1n) is 12.2. The minimum Gasteiger partial charge on any atom is -0.493 e. The second-order valence-electron chi connectivity index (χ2n) is 9.32. The van der Waals surface area contributed by atoms with E-state index in [1.807, 2.05) is 42.5 Å². The largest absolute Gasteiger partial charge is 0.493 e. The molecule has 9 nitrogen and oxygen atoms in total. The highest BCUT2D eigenvalue weighted by Crippen LogP contribution is 2.42. The maximum absolute atomic E-state index is 11.3. The predicted octanol–water partition coefficient (Wildman–Crippen LogP) is 4.43. The van der Waals surface area contributed by atoms with Crippen molar-refractivity contribution in [2.75, 3.05) is 32.0 Å². The Hall–Kier alpha value is -3.92. The zero-order valence-corrected chi connectivity index (χ0v) is 21.7. The summed E-state index contributed by atoms with van der Waals surface area (Å²) in [5.41, 5.74) is 3.51. The van der Waals surface area contributed by atoms with Gasteiger partial charge in [0.2, 0.25) is 6.79 Å². The van der Waals surface area contributed by atoms with Crippen LogP contribution >= 0.6 is 0 Å². The van der Waals surface area contributed by atoms with Crippen molar-refractivity contribution in [1.82, 2.24) is 0 Å². The summed E-state index contributed by atoms with van der Waals surface area (Å²) in [5, 5.41) is 9.09. The van der Waals surface area contributed by atoms with E-state index in [-0.39, 0.29) is 31.5 Å². The van der Waals surface area contributed by atoms with Gasteiger partial charge < -0.3 is 28.8 Å². The summed E-state index contributed by atoms with van der Waals surface area (Å²) in [6.07, 6.45) is 1.65. The summed E-state index contributed by atoms with van der Waals surface area (Å²) < 4.78 is 51.6. The van der Waals surface area contributed by atoms with Crippen LogP contribution in [0, 0.1) is 0 Å². The van der Waals surface area contributed by atoms with E-state index >= 15 is 0 Å². The fourth-order valence-corrected chi connectivity index (χ4v) is 5.14. The van der Waals surface area contributed by atoms with Crippen molar-refractivity contribution in [3.63, 3.8) is 0 Å². The van der Waals surface area contributed by atoms with Crippen molar-refractivity contribution in [3.05, 3.63) is 65.7 Å². The molecule has 3 aromatic rings. The normalized spacial score (nSPS) is 15.6. The van der Waals surface area contributed by atoms with E-state index in [0.29, 0.717) is 48.4 Å². The minimum absolute atomic E-state index is 0.0341. The van der Waals surface area contributed by atoms with Crippen LogP contribution in [-0.4, -0.2) is 51.5 Å². The van der Waals surface area contributed by atoms with Crippen molar-refractivity contribution in [3.8, 4) is 39.9 Å². The third kappa shape index (κ3) is 6.13. The minimum atomic E-state index is -3.02. The van der Waals surface area contributed by atoms with Crippen molar-refractivity contribution >= 4 is 15.8 Å². The zero-order valence-electron chi connectivity index (χ0n) is 20.8. The van der Waals surface area contributed by atoms with Gasteiger partial charge in [-0.15, -0.1) is 0 Å². The summed E-state index contributed by atoms with van der Waals surface area (Å²) in [5.74, 6) is 2.24. The Kier molecular flexibility index (Phi) is 7.33. The molecule has 38 heavy (non-hydrogen) atoms. The first kappa shape index (κ1) is 25.7. The molecule has 2 heterocycles. The highest BCUT2D eigenvalue weighted by atomic mass is 32.2. The van der Waals surface area contributed by atoms with Gasteiger partial charge in [-0.1, -0.05) is 12.1 Å². The van der Waals surface area contributed by atoms with Crippen LogP contribution in [0.4, 0.5) is 0 Å². The lowest BCUT2D eigenvalue weighted by Gasteiger charge is -2.13. The first-order chi connectivity index (χ1) is 18.2. The standard InChI is InChI=1S/C28H28O9S/c1-38(31,32)10-2-9-33-20-5-7-23-24-11-18(3-8-25(24)36-17-37-27(23)13-20)15-34-21-4-6-22-19(12-28(29)30)16-35-26(22)14-21/h3-8,11,13-14,19H,2,9-10,12,15-17H2,1H3,(H,29,30). The molecule has 1 atom stereocenters. The molecule has 0 amide bonds. The smallest absolute Gasteiger partial charge is 0.304 e. The number of ether oxygens (including phenoxy) is 5. The van der Waals surface area contributed by atoms with Gasteiger partial charge in [0.25, 0.3) is 0 Å². The lowest BCUT2D eigenvalue weighted by atomic mass is 9.98. The first-order valence-corrected chi connectivity index (χ1v) is 14.3. The van der Waals surface area contributed by atoms with Crippen molar-refractivity contribution in [1.29, 1.82) is 0 Å². The van der Waals surface area contributed by atoms with Crippen molar-refractivity contribution < 1.29 is 42.0 Å². The Balaban J connectivity index is 1.27. The number of hydrogen-bond acceptors (Lipinski definition) is 8. The molecule has 2 aliphatic heterocycles. The monoisotopic (exact) mass is 540 g/mol. The van der Waals surface area contributed by atoms with Crippen LogP contribution in [0.15, 0.2) is 54.6 Å². The molecule has 0 aromatic heterocycles. The molecule has 0 saturated heterocycles. The molecule has 5 rings (SSSR count). The van der Waals surface area contributed by atoms with Crippen LogP contribution < -0.4 is 23.7 Å². The van der Waals surface area contributed by atoms with E-state index in [4.69, 9.17) is 28.8 Å². The Morgan fingerprint density at radius 3 is 2.50 bits per heavy atom. The molecule has 1 unspecified atom stereocenters. The molecule has 0 spiro atoms. The topological polar surface area (TPSA) is 118 Å². The SMILES string of the molecule is CS(=O)(=O)CCCOc1ccc2c(c1)OCOc1ccc(COc3ccc4c(c3)OCC4CC(=O)O)cc1-2. The van der Waals surface area contributed by atoms with Crippen molar-refractivity contribution in [2.24, 2.45) is 0 Å². The number of carboxylic acids is 1. The summed E-state index contributed by atoms with van der Waals surface area (Å²) in [4.78, 5) is 11.1. The Morgan fingerprint density at radius 2 is 1.68 bits per heavy atom. The van der Waals surface area contributed by atoms with Crippen molar-refractivity contribution in [2.45, 2.75) is 25.4 Å². The van der Waals surface area contributed by atoms with Gasteiger partial charge >= 0.3 is 5.97 Å². The molecule has 1 N–H and O–H groups in total. The molecular formula is C28H28O9S. The summed E-state index contributed by atoms with van der Waals surface area (Å²) in [6, 6.07) is 16.8. The van der Waals surface area contributed by atoms with Gasteiger partial charge in [-0.25, -0.2) is 8.42 Å². The number of carboxylic acid groups (broad SMARTS) is 1. The lowest BCUT2D eigenvalue weighted by molar-refractivity contribution is -0.137. The Morgan fingerprint density at radius 1 is 0.921 bits per heavy atom. The van der Waals surface area contributed by atoms with Crippen LogP contribution in [0.1, 0.15) is 29.9 Å². The zero-order chi connectivity index (χ0) is 26.7. The average Bonchev–Trinajstić information content (AvgIpc) is 3.17. The molecule has 0 aliphatic carbocycles. The van der Waals surface area contributed by atoms with Gasteiger partial charge in [0.05, 0.1) is 25.4 Å². The van der Waals surface area contributed by atoms with Crippen LogP contribution in [0.3, 0.4) is 0 Å². The highest BCUT2D eigenvalue weighted by Gasteiger charge is 2.26. The van der Waals surface area contributed by atoms with Crippen LogP contribution in [0.25, 0.3) is 11.1 Å². The molecule has 2 aliphatic rings. The van der Waals surface area contributed by atoms with E-state index in [1.165, 1.54) is 6.26 Å². The van der Waals surface area contributed by atoms with Gasteiger partial charge in [-0.2, -0.15) is 0 Å². The number of aliphatic carboxylic acids is 1. The molecule has 0 radical (unpaired) electrons. The van der Waals surface area contributed by atoms with Crippen LogP contribution in [0.5, 0.6) is 28.7 Å². The fraction of sp³-hybridized carbons (Fsp3) is 0.321. The quantitative estimate of drug-likeness (QED) is 0.373. The maximum atomic E-state index is 11.3. The number of benzene rings is 3. The number of sulfone groups is 1. The molecule has 0 saturated carbocycles. The molecule has 0 fully saturated rings. The maximum Gasteiger partial charge on any atom is 0.304 e. The Labute approximate surface area is 220 Å². The second kappa shape index (κ2) is 10.8. The average molecular weight is 541 g/mol. The van der Waals surface area contributed by atoms with E-state index in [2.05, 4.69) is 0 Å². The third-order valence-corrected chi connectivity index (χ3v) is 7.37.